The fourth-order valence-electron chi connectivity index (χ4n) is 2.47. The molecule has 6 heteroatoms. The second-order valence-corrected chi connectivity index (χ2v) is 6.24. The van der Waals surface area contributed by atoms with Gasteiger partial charge in [-0.1, -0.05) is 18.2 Å². The summed E-state index contributed by atoms with van der Waals surface area (Å²) in [6, 6.07) is 1.89. The summed E-state index contributed by atoms with van der Waals surface area (Å²) < 4.78 is 7.24. The van der Waals surface area contributed by atoms with Crippen molar-refractivity contribution in [3.05, 3.63) is 18.1 Å². The molecule has 2 aromatic rings. The van der Waals surface area contributed by atoms with Gasteiger partial charge in [0.2, 0.25) is 0 Å². The van der Waals surface area contributed by atoms with E-state index in [1.165, 1.54) is 11.8 Å². The van der Waals surface area contributed by atoms with Crippen LogP contribution in [0.3, 0.4) is 0 Å². The highest BCUT2D eigenvalue weighted by molar-refractivity contribution is 8.00. The van der Waals surface area contributed by atoms with Gasteiger partial charge in [-0.2, -0.15) is 0 Å². The largest absolute Gasteiger partial charge is 0.469 e. The van der Waals surface area contributed by atoms with Crippen molar-refractivity contribution in [2.24, 2.45) is 7.05 Å². The van der Waals surface area contributed by atoms with Crippen LogP contribution in [0.1, 0.15) is 31.4 Å². The van der Waals surface area contributed by atoms with Crippen LogP contribution in [0.25, 0.3) is 11.4 Å². The third-order valence-corrected chi connectivity index (χ3v) is 5.03. The highest BCUT2D eigenvalue weighted by atomic mass is 32.2. The molecule has 0 N–H and O–H groups in total. The molecule has 106 valence electrons. The Kier molecular flexibility index (Phi) is 3.65. The lowest BCUT2D eigenvalue weighted by atomic mass is 9.99. The van der Waals surface area contributed by atoms with Crippen molar-refractivity contribution >= 4 is 17.5 Å². The third kappa shape index (κ3) is 2.40. The zero-order valence-corrected chi connectivity index (χ0v) is 12.4. The Morgan fingerprint density at radius 1 is 1.40 bits per heavy atom. The summed E-state index contributed by atoms with van der Waals surface area (Å²) in [4.78, 5) is 11.9. The molecular formula is C14H17N3O2S. The van der Waals surface area contributed by atoms with Gasteiger partial charge in [0.1, 0.15) is 11.5 Å². The van der Waals surface area contributed by atoms with Crippen LogP contribution in [-0.4, -0.2) is 25.8 Å². The molecule has 0 amide bonds. The molecule has 20 heavy (non-hydrogen) atoms. The number of aromatic nitrogens is 3. The van der Waals surface area contributed by atoms with Gasteiger partial charge in [-0.05, 0) is 25.8 Å². The minimum atomic E-state index is 0.0324. The van der Waals surface area contributed by atoms with Crippen LogP contribution in [0.15, 0.2) is 21.9 Å². The lowest BCUT2D eigenvalue weighted by Crippen LogP contribution is -2.21. The van der Waals surface area contributed by atoms with Crippen LogP contribution in [0, 0.1) is 6.92 Å². The molecule has 2 aromatic heterocycles. The van der Waals surface area contributed by atoms with Gasteiger partial charge >= 0.3 is 0 Å². The molecule has 1 aliphatic rings. The molecule has 0 unspecified atom stereocenters. The number of ketones is 1. The van der Waals surface area contributed by atoms with E-state index in [9.17, 15) is 4.79 Å². The van der Waals surface area contributed by atoms with Crippen molar-refractivity contribution in [2.75, 3.05) is 0 Å². The third-order valence-electron chi connectivity index (χ3n) is 3.68. The number of carbonyl (C=O) groups is 1. The monoisotopic (exact) mass is 291 g/mol. The van der Waals surface area contributed by atoms with Gasteiger partial charge in [-0.3, -0.25) is 4.79 Å². The van der Waals surface area contributed by atoms with Crippen molar-refractivity contribution in [2.45, 2.75) is 43.0 Å². The summed E-state index contributed by atoms with van der Waals surface area (Å²) in [6.45, 7) is 1.90. The molecule has 0 saturated heterocycles. The number of aryl methyl sites for hydroxylation is 1. The maximum atomic E-state index is 11.9. The molecule has 1 saturated carbocycles. The van der Waals surface area contributed by atoms with Crippen molar-refractivity contribution < 1.29 is 9.21 Å². The first-order valence-corrected chi connectivity index (χ1v) is 7.68. The normalized spacial score (nSPS) is 19.5. The van der Waals surface area contributed by atoms with Gasteiger partial charge in [0, 0.05) is 13.5 Å². The average molecular weight is 291 g/mol. The number of Topliss-reactive ketones (excluding diaryl/α,β-unsaturated/α-hetero) is 1. The number of nitrogens with zero attached hydrogens (tertiary/aromatic N) is 3. The SMILES string of the molecule is Cc1occc1-c1nnc(S[C@H]2CCCCC2=O)n1C. The van der Waals surface area contributed by atoms with Crippen LogP contribution in [0.2, 0.25) is 0 Å². The van der Waals surface area contributed by atoms with E-state index in [0.717, 1.165) is 41.6 Å². The smallest absolute Gasteiger partial charge is 0.191 e. The maximum absolute atomic E-state index is 11.9. The van der Waals surface area contributed by atoms with E-state index in [4.69, 9.17) is 4.42 Å². The summed E-state index contributed by atoms with van der Waals surface area (Å²) in [6.07, 6.45) is 5.43. The summed E-state index contributed by atoms with van der Waals surface area (Å²) in [5, 5.41) is 9.28. The Morgan fingerprint density at radius 2 is 2.25 bits per heavy atom. The first kappa shape index (κ1) is 13.4. The van der Waals surface area contributed by atoms with Gasteiger partial charge in [0.15, 0.2) is 11.0 Å². The molecule has 3 rings (SSSR count). The Labute approximate surface area is 121 Å². The van der Waals surface area contributed by atoms with E-state index in [1.54, 1.807) is 6.26 Å². The fourth-order valence-corrected chi connectivity index (χ4v) is 3.59. The Hall–Kier alpha value is -1.56. The molecule has 1 atom stereocenters. The second kappa shape index (κ2) is 5.44. The maximum Gasteiger partial charge on any atom is 0.191 e. The van der Waals surface area contributed by atoms with Crippen LogP contribution < -0.4 is 0 Å². The number of carbonyl (C=O) groups excluding carboxylic acids is 1. The van der Waals surface area contributed by atoms with Crippen LogP contribution in [0.5, 0.6) is 0 Å². The highest BCUT2D eigenvalue weighted by Crippen LogP contribution is 2.32. The molecule has 0 spiro atoms. The summed E-state index contributed by atoms with van der Waals surface area (Å²) in [7, 11) is 1.93. The number of furan rings is 1. The minimum absolute atomic E-state index is 0.0324. The Balaban J connectivity index is 1.84. The lowest BCUT2D eigenvalue weighted by Gasteiger charge is -2.19. The van der Waals surface area contributed by atoms with Gasteiger partial charge in [-0.15, -0.1) is 10.2 Å². The lowest BCUT2D eigenvalue weighted by molar-refractivity contribution is -0.119. The molecule has 0 radical (unpaired) electrons. The Morgan fingerprint density at radius 3 is 2.95 bits per heavy atom. The number of hydrogen-bond donors (Lipinski definition) is 0. The minimum Gasteiger partial charge on any atom is -0.469 e. The van der Waals surface area contributed by atoms with Crippen molar-refractivity contribution in [1.29, 1.82) is 0 Å². The molecule has 5 nitrogen and oxygen atoms in total. The van der Waals surface area contributed by atoms with Crippen LogP contribution in [0.4, 0.5) is 0 Å². The zero-order chi connectivity index (χ0) is 14.1. The van der Waals surface area contributed by atoms with Gasteiger partial charge in [0.25, 0.3) is 0 Å². The number of rotatable bonds is 3. The molecule has 1 aliphatic carbocycles. The summed E-state index contributed by atoms with van der Waals surface area (Å²) in [5.41, 5.74) is 0.946. The van der Waals surface area contributed by atoms with E-state index in [-0.39, 0.29) is 5.25 Å². The molecular weight excluding hydrogens is 274 g/mol. The quantitative estimate of drug-likeness (QED) is 0.870. The Bertz CT molecular complexity index is 632. The number of hydrogen-bond acceptors (Lipinski definition) is 5. The zero-order valence-electron chi connectivity index (χ0n) is 11.6. The molecule has 1 fully saturated rings. The first-order valence-electron chi connectivity index (χ1n) is 6.80. The van der Waals surface area contributed by atoms with Gasteiger partial charge < -0.3 is 8.98 Å². The second-order valence-electron chi connectivity index (χ2n) is 5.07. The van der Waals surface area contributed by atoms with Crippen LogP contribution in [-0.2, 0) is 11.8 Å². The summed E-state index contributed by atoms with van der Waals surface area (Å²) >= 11 is 1.53. The standard InChI is InChI=1S/C14H17N3O2S/c1-9-10(7-8-19-9)13-15-16-14(17(13)2)20-12-6-4-3-5-11(12)18/h7-8,12H,3-6H2,1-2H3/t12-/m0/s1. The van der Waals surface area contributed by atoms with E-state index in [2.05, 4.69) is 10.2 Å². The van der Waals surface area contributed by atoms with Crippen molar-refractivity contribution in [3.63, 3.8) is 0 Å². The average Bonchev–Trinajstić information content (AvgIpc) is 3.00. The number of thioether (sulfide) groups is 1. The summed E-state index contributed by atoms with van der Waals surface area (Å²) in [5.74, 6) is 1.94. The van der Waals surface area contributed by atoms with E-state index in [0.29, 0.717) is 12.2 Å². The predicted octanol–water partition coefficient (Wildman–Crippen LogP) is 2.99. The van der Waals surface area contributed by atoms with E-state index < -0.39 is 0 Å². The van der Waals surface area contributed by atoms with Crippen LogP contribution >= 0.6 is 11.8 Å². The first-order chi connectivity index (χ1) is 9.66. The molecule has 0 aromatic carbocycles. The van der Waals surface area contributed by atoms with E-state index >= 15 is 0 Å². The molecule has 0 aliphatic heterocycles. The van der Waals surface area contributed by atoms with Crippen molar-refractivity contribution in [1.82, 2.24) is 14.8 Å². The van der Waals surface area contributed by atoms with Crippen molar-refractivity contribution in [3.8, 4) is 11.4 Å². The van der Waals surface area contributed by atoms with E-state index in [1.807, 2.05) is 24.6 Å². The fraction of sp³-hybridized carbons (Fsp3) is 0.500. The van der Waals surface area contributed by atoms with Gasteiger partial charge in [-0.25, -0.2) is 0 Å². The molecule has 0 bridgehead atoms. The molecule has 2 heterocycles. The highest BCUT2D eigenvalue weighted by Gasteiger charge is 2.26. The topological polar surface area (TPSA) is 60.9 Å². The van der Waals surface area contributed by atoms with Gasteiger partial charge in [0.05, 0.1) is 17.1 Å². The predicted molar refractivity (Wildman–Crippen MR) is 76.6 cm³/mol.